The Hall–Kier alpha value is -1.32. The van der Waals surface area contributed by atoms with Crippen molar-refractivity contribution in [3.05, 3.63) is 11.6 Å². The summed E-state index contributed by atoms with van der Waals surface area (Å²) in [6.07, 6.45) is 7.20. The number of amides is 1. The fourth-order valence-corrected chi connectivity index (χ4v) is 2.18. The Labute approximate surface area is 109 Å². The van der Waals surface area contributed by atoms with Gasteiger partial charge in [-0.3, -0.25) is 9.59 Å². The van der Waals surface area contributed by atoms with E-state index in [1.165, 1.54) is 25.5 Å². The summed E-state index contributed by atoms with van der Waals surface area (Å²) in [4.78, 5) is 24.9. The van der Waals surface area contributed by atoms with Crippen molar-refractivity contribution >= 4 is 11.9 Å². The molecule has 1 amide bonds. The molecule has 0 radical (unpaired) electrons. The van der Waals surface area contributed by atoms with Crippen molar-refractivity contribution in [2.24, 2.45) is 5.92 Å². The molecule has 0 aromatic carbocycles. The van der Waals surface area contributed by atoms with E-state index in [-0.39, 0.29) is 17.8 Å². The molecule has 0 fully saturated rings. The van der Waals surface area contributed by atoms with Gasteiger partial charge in [-0.15, -0.1) is 0 Å². The van der Waals surface area contributed by atoms with Crippen LogP contribution in [0.2, 0.25) is 0 Å². The van der Waals surface area contributed by atoms with Gasteiger partial charge in [-0.25, -0.2) is 0 Å². The lowest BCUT2D eigenvalue weighted by atomic mass is 9.97. The second kappa shape index (κ2) is 7.19. The SMILES string of the molecule is COC(=O)C(C)CN(C)C(=O)CC1=CCCCC1. The van der Waals surface area contributed by atoms with Crippen LogP contribution in [0.4, 0.5) is 0 Å². The zero-order chi connectivity index (χ0) is 13.5. The van der Waals surface area contributed by atoms with E-state index >= 15 is 0 Å². The highest BCUT2D eigenvalue weighted by Gasteiger charge is 2.19. The topological polar surface area (TPSA) is 46.6 Å². The quantitative estimate of drug-likeness (QED) is 0.557. The number of carbonyl (C=O) groups is 2. The van der Waals surface area contributed by atoms with Crippen molar-refractivity contribution in [1.29, 1.82) is 0 Å². The normalized spacial score (nSPS) is 16.7. The van der Waals surface area contributed by atoms with E-state index < -0.39 is 0 Å². The largest absolute Gasteiger partial charge is 0.469 e. The first-order valence-electron chi connectivity index (χ1n) is 6.54. The van der Waals surface area contributed by atoms with Crippen molar-refractivity contribution in [2.75, 3.05) is 20.7 Å². The maximum absolute atomic E-state index is 12.0. The molecule has 1 aliphatic carbocycles. The van der Waals surface area contributed by atoms with E-state index in [0.717, 1.165) is 12.8 Å². The average molecular weight is 253 g/mol. The predicted octanol–water partition coefficient (Wildman–Crippen LogP) is 2.14. The van der Waals surface area contributed by atoms with Crippen LogP contribution < -0.4 is 0 Å². The molecule has 4 nitrogen and oxygen atoms in total. The molecular formula is C14H23NO3. The Bertz CT molecular complexity index is 336. The van der Waals surface area contributed by atoms with Crippen molar-refractivity contribution in [3.63, 3.8) is 0 Å². The molecule has 18 heavy (non-hydrogen) atoms. The van der Waals surface area contributed by atoms with Crippen molar-refractivity contribution in [3.8, 4) is 0 Å². The van der Waals surface area contributed by atoms with Gasteiger partial charge < -0.3 is 9.64 Å². The van der Waals surface area contributed by atoms with Crippen LogP contribution in [0.25, 0.3) is 0 Å². The van der Waals surface area contributed by atoms with Crippen LogP contribution in [0, 0.1) is 5.92 Å². The Morgan fingerprint density at radius 2 is 2.17 bits per heavy atom. The summed E-state index contributed by atoms with van der Waals surface area (Å²) < 4.78 is 4.65. The molecule has 1 rings (SSSR count). The first-order valence-corrected chi connectivity index (χ1v) is 6.54. The van der Waals surface area contributed by atoms with Crippen molar-refractivity contribution in [1.82, 2.24) is 4.90 Å². The van der Waals surface area contributed by atoms with Crippen LogP contribution in [-0.2, 0) is 14.3 Å². The number of esters is 1. The molecule has 0 bridgehead atoms. The van der Waals surface area contributed by atoms with E-state index in [2.05, 4.69) is 10.8 Å². The molecule has 102 valence electrons. The summed E-state index contributed by atoms with van der Waals surface area (Å²) in [5.41, 5.74) is 1.24. The Morgan fingerprint density at radius 1 is 1.44 bits per heavy atom. The second-order valence-corrected chi connectivity index (χ2v) is 4.98. The molecule has 1 atom stereocenters. The van der Waals surface area contributed by atoms with Crippen LogP contribution in [0.3, 0.4) is 0 Å². The summed E-state index contributed by atoms with van der Waals surface area (Å²) in [5.74, 6) is -0.463. The molecule has 1 aliphatic rings. The lowest BCUT2D eigenvalue weighted by Gasteiger charge is -2.21. The van der Waals surface area contributed by atoms with E-state index in [1.807, 2.05) is 0 Å². The van der Waals surface area contributed by atoms with E-state index in [0.29, 0.717) is 13.0 Å². The third-order valence-corrected chi connectivity index (χ3v) is 3.34. The highest BCUT2D eigenvalue weighted by atomic mass is 16.5. The lowest BCUT2D eigenvalue weighted by molar-refractivity contribution is -0.146. The minimum Gasteiger partial charge on any atom is -0.469 e. The van der Waals surface area contributed by atoms with Gasteiger partial charge in [0.1, 0.15) is 0 Å². The van der Waals surface area contributed by atoms with Gasteiger partial charge in [0.2, 0.25) is 5.91 Å². The first kappa shape index (κ1) is 14.7. The third kappa shape index (κ3) is 4.51. The van der Waals surface area contributed by atoms with Crippen LogP contribution in [0.1, 0.15) is 39.0 Å². The number of hydrogen-bond acceptors (Lipinski definition) is 3. The van der Waals surface area contributed by atoms with Gasteiger partial charge in [0.05, 0.1) is 13.0 Å². The zero-order valence-corrected chi connectivity index (χ0v) is 11.6. The highest BCUT2D eigenvalue weighted by Crippen LogP contribution is 2.20. The fourth-order valence-electron chi connectivity index (χ4n) is 2.18. The van der Waals surface area contributed by atoms with Gasteiger partial charge in [-0.05, 0) is 25.7 Å². The monoisotopic (exact) mass is 253 g/mol. The maximum Gasteiger partial charge on any atom is 0.310 e. The molecule has 1 unspecified atom stereocenters. The smallest absolute Gasteiger partial charge is 0.310 e. The van der Waals surface area contributed by atoms with Crippen LogP contribution in [-0.4, -0.2) is 37.5 Å². The van der Waals surface area contributed by atoms with Gasteiger partial charge in [0.15, 0.2) is 0 Å². The molecule has 0 saturated carbocycles. The number of hydrogen-bond donors (Lipinski definition) is 0. The summed E-state index contributed by atoms with van der Waals surface area (Å²) in [5, 5.41) is 0. The van der Waals surface area contributed by atoms with E-state index in [1.54, 1.807) is 18.9 Å². The highest BCUT2D eigenvalue weighted by molar-refractivity contribution is 5.79. The minimum atomic E-state index is -0.274. The zero-order valence-electron chi connectivity index (χ0n) is 11.6. The predicted molar refractivity (Wildman–Crippen MR) is 70.0 cm³/mol. The Balaban J connectivity index is 2.41. The summed E-state index contributed by atoms with van der Waals surface area (Å²) >= 11 is 0. The van der Waals surface area contributed by atoms with Gasteiger partial charge in [0, 0.05) is 20.0 Å². The van der Waals surface area contributed by atoms with E-state index in [4.69, 9.17) is 0 Å². The second-order valence-electron chi connectivity index (χ2n) is 4.98. The van der Waals surface area contributed by atoms with Gasteiger partial charge in [-0.1, -0.05) is 18.6 Å². The van der Waals surface area contributed by atoms with Gasteiger partial charge in [-0.2, -0.15) is 0 Å². The Kier molecular flexibility index (Phi) is 5.89. The first-order chi connectivity index (χ1) is 8.54. The van der Waals surface area contributed by atoms with Crippen LogP contribution >= 0.6 is 0 Å². The number of rotatable bonds is 5. The fraction of sp³-hybridized carbons (Fsp3) is 0.714. The number of allylic oxidation sites excluding steroid dienone is 1. The molecule has 0 spiro atoms. The number of nitrogens with zero attached hydrogens (tertiary/aromatic N) is 1. The summed E-state index contributed by atoms with van der Waals surface area (Å²) in [7, 11) is 3.11. The minimum absolute atomic E-state index is 0.0823. The van der Waals surface area contributed by atoms with Gasteiger partial charge >= 0.3 is 5.97 Å². The van der Waals surface area contributed by atoms with Crippen LogP contribution in [0.5, 0.6) is 0 Å². The molecule has 0 heterocycles. The molecule has 4 heteroatoms. The Morgan fingerprint density at radius 3 is 2.72 bits per heavy atom. The lowest BCUT2D eigenvalue weighted by Crippen LogP contribution is -2.34. The summed E-state index contributed by atoms with van der Waals surface area (Å²) in [6, 6.07) is 0. The van der Waals surface area contributed by atoms with Crippen molar-refractivity contribution < 1.29 is 14.3 Å². The molecule has 0 aromatic heterocycles. The third-order valence-electron chi connectivity index (χ3n) is 3.34. The van der Waals surface area contributed by atoms with E-state index in [9.17, 15) is 9.59 Å². The molecule has 0 aromatic rings. The van der Waals surface area contributed by atoms with Gasteiger partial charge in [0.25, 0.3) is 0 Å². The number of methoxy groups -OCH3 is 1. The van der Waals surface area contributed by atoms with Crippen molar-refractivity contribution in [2.45, 2.75) is 39.0 Å². The molecule has 0 saturated heterocycles. The average Bonchev–Trinajstić information content (AvgIpc) is 2.38. The maximum atomic E-state index is 12.0. The number of carbonyl (C=O) groups excluding carboxylic acids is 2. The summed E-state index contributed by atoms with van der Waals surface area (Å²) in [6.45, 7) is 2.19. The van der Waals surface area contributed by atoms with Crippen LogP contribution in [0.15, 0.2) is 11.6 Å². The number of ether oxygens (including phenoxy) is 1. The molecule has 0 N–H and O–H groups in total. The molecule has 0 aliphatic heterocycles. The molecular weight excluding hydrogens is 230 g/mol. The standard InChI is InChI=1S/C14H23NO3/c1-11(14(17)18-3)10-15(2)13(16)9-12-7-5-4-6-8-12/h7,11H,4-6,8-10H2,1-3H3.